The number of aliphatic hydroxyl groups is 1. The summed E-state index contributed by atoms with van der Waals surface area (Å²) in [5, 5.41) is 10.2. The van der Waals surface area contributed by atoms with E-state index in [0.717, 1.165) is 44.6 Å². The van der Waals surface area contributed by atoms with Crippen LogP contribution in [0.2, 0.25) is 0 Å². The number of hydrogen-bond acceptors (Lipinski definition) is 3. The molecule has 3 nitrogen and oxygen atoms in total. The number of ether oxygens (including phenoxy) is 1. The molecule has 1 fully saturated rings. The third kappa shape index (κ3) is 3.48. The highest BCUT2D eigenvalue weighted by Crippen LogP contribution is 2.27. The molecular formula is C16H25NO2. The van der Waals surface area contributed by atoms with Crippen LogP contribution in [0.25, 0.3) is 0 Å². The van der Waals surface area contributed by atoms with E-state index in [9.17, 15) is 5.11 Å². The lowest BCUT2D eigenvalue weighted by Crippen LogP contribution is -2.43. The van der Waals surface area contributed by atoms with Crippen molar-refractivity contribution < 1.29 is 9.84 Å². The quantitative estimate of drug-likeness (QED) is 0.906. The van der Waals surface area contributed by atoms with Crippen LogP contribution >= 0.6 is 0 Å². The predicted molar refractivity (Wildman–Crippen MR) is 77.5 cm³/mol. The Morgan fingerprint density at radius 3 is 2.58 bits per heavy atom. The van der Waals surface area contributed by atoms with Gasteiger partial charge in [-0.05, 0) is 43.4 Å². The van der Waals surface area contributed by atoms with Crippen molar-refractivity contribution >= 4 is 0 Å². The Balaban J connectivity index is 1.96. The van der Waals surface area contributed by atoms with Gasteiger partial charge in [0.25, 0.3) is 0 Å². The van der Waals surface area contributed by atoms with Crippen LogP contribution in [0.5, 0.6) is 5.75 Å². The van der Waals surface area contributed by atoms with Crippen LogP contribution < -0.4 is 4.74 Å². The van der Waals surface area contributed by atoms with Crippen molar-refractivity contribution in [3.63, 3.8) is 0 Å². The van der Waals surface area contributed by atoms with Crippen LogP contribution in [0.4, 0.5) is 0 Å². The summed E-state index contributed by atoms with van der Waals surface area (Å²) < 4.78 is 5.37. The first-order valence-electron chi connectivity index (χ1n) is 7.14. The van der Waals surface area contributed by atoms with Gasteiger partial charge in [0.15, 0.2) is 0 Å². The fourth-order valence-corrected chi connectivity index (χ4v) is 2.70. The average molecular weight is 263 g/mol. The molecule has 1 aliphatic rings. The molecule has 1 aromatic rings. The van der Waals surface area contributed by atoms with Gasteiger partial charge in [0, 0.05) is 19.6 Å². The van der Waals surface area contributed by atoms with E-state index in [1.165, 1.54) is 11.1 Å². The SMILES string of the molecule is CCC1(O)CCN(Cc2ccc(C)c(OC)c2)CC1. The molecule has 0 amide bonds. The van der Waals surface area contributed by atoms with Crippen molar-refractivity contribution in [2.45, 2.75) is 45.3 Å². The normalized spacial score (nSPS) is 19.4. The molecule has 0 aliphatic carbocycles. The lowest BCUT2D eigenvalue weighted by Gasteiger charge is -2.37. The maximum Gasteiger partial charge on any atom is 0.122 e. The van der Waals surface area contributed by atoms with Crippen molar-refractivity contribution in [2.24, 2.45) is 0 Å². The predicted octanol–water partition coefficient (Wildman–Crippen LogP) is 2.74. The smallest absolute Gasteiger partial charge is 0.122 e. The van der Waals surface area contributed by atoms with Gasteiger partial charge in [0.05, 0.1) is 12.7 Å². The Bertz CT molecular complexity index is 423. The largest absolute Gasteiger partial charge is 0.496 e. The van der Waals surface area contributed by atoms with Gasteiger partial charge in [-0.3, -0.25) is 4.90 Å². The van der Waals surface area contributed by atoms with Crippen LogP contribution in [0.1, 0.15) is 37.3 Å². The van der Waals surface area contributed by atoms with Crippen LogP contribution in [-0.2, 0) is 6.54 Å². The molecule has 0 atom stereocenters. The number of hydrogen-bond donors (Lipinski definition) is 1. The molecule has 0 radical (unpaired) electrons. The van der Waals surface area contributed by atoms with Gasteiger partial charge >= 0.3 is 0 Å². The van der Waals surface area contributed by atoms with E-state index >= 15 is 0 Å². The van der Waals surface area contributed by atoms with Crippen molar-refractivity contribution in [1.29, 1.82) is 0 Å². The molecule has 1 heterocycles. The summed E-state index contributed by atoms with van der Waals surface area (Å²) in [5.41, 5.74) is 2.02. The van der Waals surface area contributed by atoms with E-state index in [1.54, 1.807) is 7.11 Å². The van der Waals surface area contributed by atoms with Crippen molar-refractivity contribution in [1.82, 2.24) is 4.90 Å². The number of likely N-dealkylation sites (tertiary alicyclic amines) is 1. The molecule has 1 aliphatic heterocycles. The molecule has 19 heavy (non-hydrogen) atoms. The van der Waals surface area contributed by atoms with Crippen molar-refractivity contribution in [3.05, 3.63) is 29.3 Å². The van der Waals surface area contributed by atoms with Gasteiger partial charge < -0.3 is 9.84 Å². The highest BCUT2D eigenvalue weighted by atomic mass is 16.5. The maximum absolute atomic E-state index is 10.2. The molecule has 3 heteroatoms. The van der Waals surface area contributed by atoms with Crippen molar-refractivity contribution in [3.8, 4) is 5.75 Å². The third-order valence-electron chi connectivity index (χ3n) is 4.32. The first-order chi connectivity index (χ1) is 9.06. The fourth-order valence-electron chi connectivity index (χ4n) is 2.70. The van der Waals surface area contributed by atoms with Crippen LogP contribution in [0.15, 0.2) is 18.2 Å². The topological polar surface area (TPSA) is 32.7 Å². The minimum atomic E-state index is -0.429. The van der Waals surface area contributed by atoms with Gasteiger partial charge in [-0.1, -0.05) is 19.1 Å². The fraction of sp³-hybridized carbons (Fsp3) is 0.625. The monoisotopic (exact) mass is 263 g/mol. The second-order valence-electron chi connectivity index (χ2n) is 5.66. The standard InChI is InChI=1S/C16H25NO2/c1-4-16(18)7-9-17(10-8-16)12-14-6-5-13(2)15(11-14)19-3/h5-6,11,18H,4,7-10,12H2,1-3H3. The first kappa shape index (κ1) is 14.4. The molecule has 0 saturated carbocycles. The second-order valence-corrected chi connectivity index (χ2v) is 5.66. The third-order valence-corrected chi connectivity index (χ3v) is 4.32. The lowest BCUT2D eigenvalue weighted by molar-refractivity contribution is -0.0256. The minimum Gasteiger partial charge on any atom is -0.496 e. The van der Waals surface area contributed by atoms with Crippen LogP contribution in [0, 0.1) is 6.92 Å². The van der Waals surface area contributed by atoms with E-state index in [1.807, 2.05) is 0 Å². The van der Waals surface area contributed by atoms with Crippen LogP contribution in [-0.4, -0.2) is 35.8 Å². The Morgan fingerprint density at radius 2 is 2.00 bits per heavy atom. The zero-order chi connectivity index (χ0) is 13.9. The first-order valence-corrected chi connectivity index (χ1v) is 7.14. The van der Waals surface area contributed by atoms with Crippen molar-refractivity contribution in [2.75, 3.05) is 20.2 Å². The van der Waals surface area contributed by atoms with Gasteiger partial charge in [0.1, 0.15) is 5.75 Å². The molecule has 0 spiro atoms. The molecular weight excluding hydrogens is 238 g/mol. The van der Waals surface area contributed by atoms with Gasteiger partial charge in [-0.25, -0.2) is 0 Å². The van der Waals surface area contributed by atoms with E-state index in [0.29, 0.717) is 0 Å². The van der Waals surface area contributed by atoms with Gasteiger partial charge in [0.2, 0.25) is 0 Å². The summed E-state index contributed by atoms with van der Waals surface area (Å²) in [6, 6.07) is 6.40. The molecule has 1 N–H and O–H groups in total. The highest BCUT2D eigenvalue weighted by Gasteiger charge is 2.30. The summed E-state index contributed by atoms with van der Waals surface area (Å²) in [4.78, 5) is 2.41. The Labute approximate surface area is 116 Å². The lowest BCUT2D eigenvalue weighted by atomic mass is 9.89. The minimum absolute atomic E-state index is 0.429. The van der Waals surface area contributed by atoms with E-state index in [-0.39, 0.29) is 0 Å². The van der Waals surface area contributed by atoms with E-state index in [2.05, 4.69) is 36.9 Å². The molecule has 0 unspecified atom stereocenters. The Morgan fingerprint density at radius 1 is 1.32 bits per heavy atom. The second kappa shape index (κ2) is 5.93. The number of rotatable bonds is 4. The van der Waals surface area contributed by atoms with E-state index < -0.39 is 5.60 Å². The molecule has 0 bridgehead atoms. The molecule has 1 aromatic carbocycles. The summed E-state index contributed by atoms with van der Waals surface area (Å²) in [6.07, 6.45) is 2.62. The maximum atomic E-state index is 10.2. The number of nitrogens with zero attached hydrogens (tertiary/aromatic N) is 1. The molecule has 2 rings (SSSR count). The Kier molecular flexibility index (Phi) is 4.48. The zero-order valence-electron chi connectivity index (χ0n) is 12.3. The Hall–Kier alpha value is -1.06. The summed E-state index contributed by atoms with van der Waals surface area (Å²) in [5.74, 6) is 0.958. The number of benzene rings is 1. The van der Waals surface area contributed by atoms with Gasteiger partial charge in [-0.15, -0.1) is 0 Å². The average Bonchev–Trinajstić information content (AvgIpc) is 2.43. The zero-order valence-corrected chi connectivity index (χ0v) is 12.3. The number of piperidine rings is 1. The summed E-state index contributed by atoms with van der Waals surface area (Å²) in [6.45, 7) is 7.02. The molecule has 1 saturated heterocycles. The number of methoxy groups -OCH3 is 1. The summed E-state index contributed by atoms with van der Waals surface area (Å²) in [7, 11) is 1.72. The highest BCUT2D eigenvalue weighted by molar-refractivity contribution is 5.36. The molecule has 106 valence electrons. The van der Waals surface area contributed by atoms with Gasteiger partial charge in [-0.2, -0.15) is 0 Å². The molecule has 0 aromatic heterocycles. The van der Waals surface area contributed by atoms with Crippen LogP contribution in [0.3, 0.4) is 0 Å². The summed E-state index contributed by atoms with van der Waals surface area (Å²) >= 11 is 0. The number of aryl methyl sites for hydroxylation is 1. The van der Waals surface area contributed by atoms with E-state index in [4.69, 9.17) is 4.74 Å².